The fourth-order valence-electron chi connectivity index (χ4n) is 4.08. The zero-order chi connectivity index (χ0) is 12.8. The molecule has 1 aliphatic carbocycles. The van der Waals surface area contributed by atoms with E-state index in [0.717, 1.165) is 12.5 Å². The average molecular weight is 254 g/mol. The van der Waals surface area contributed by atoms with Crippen LogP contribution in [0.25, 0.3) is 0 Å². The van der Waals surface area contributed by atoms with Crippen LogP contribution in [-0.4, -0.2) is 49.3 Å². The highest BCUT2D eigenvalue weighted by atomic mass is 16.2. The minimum Gasteiger partial charge on any atom is -0.396 e. The van der Waals surface area contributed by atoms with Gasteiger partial charge in [-0.1, -0.05) is 12.8 Å². The molecule has 2 aliphatic rings. The average Bonchev–Trinajstić information content (AvgIpc) is 2.98. The van der Waals surface area contributed by atoms with Crippen molar-refractivity contribution in [1.29, 1.82) is 0 Å². The maximum Gasteiger partial charge on any atom is 0.0431 e. The SMILES string of the molecule is CNCC1(CN2CCCC2CCCO)CCCC1. The van der Waals surface area contributed by atoms with E-state index in [1.165, 1.54) is 64.6 Å². The number of likely N-dealkylation sites (tertiary alicyclic amines) is 1. The number of nitrogens with zero attached hydrogens (tertiary/aromatic N) is 1. The van der Waals surface area contributed by atoms with Crippen LogP contribution in [0.15, 0.2) is 0 Å². The standard InChI is InChI=1S/C15H30N2O/c1-16-12-15(8-2-3-9-15)13-17-10-4-6-14(17)7-5-11-18/h14,16,18H,2-13H2,1H3. The van der Waals surface area contributed by atoms with Crippen molar-refractivity contribution in [3.63, 3.8) is 0 Å². The molecule has 1 saturated carbocycles. The fraction of sp³-hybridized carbons (Fsp3) is 1.00. The summed E-state index contributed by atoms with van der Waals surface area (Å²) in [6, 6.07) is 0.742. The molecular weight excluding hydrogens is 224 g/mol. The zero-order valence-electron chi connectivity index (χ0n) is 12.0. The molecule has 2 N–H and O–H groups in total. The Bertz CT molecular complexity index is 239. The molecule has 0 amide bonds. The van der Waals surface area contributed by atoms with Gasteiger partial charge in [0.15, 0.2) is 0 Å². The van der Waals surface area contributed by atoms with Gasteiger partial charge in [-0.2, -0.15) is 0 Å². The van der Waals surface area contributed by atoms with Gasteiger partial charge in [0.2, 0.25) is 0 Å². The van der Waals surface area contributed by atoms with Crippen molar-refractivity contribution in [2.24, 2.45) is 5.41 Å². The summed E-state index contributed by atoms with van der Waals surface area (Å²) in [6.07, 6.45) is 10.5. The van der Waals surface area contributed by atoms with Gasteiger partial charge in [-0.3, -0.25) is 4.90 Å². The van der Waals surface area contributed by atoms with Gasteiger partial charge in [-0.25, -0.2) is 0 Å². The third kappa shape index (κ3) is 3.46. The minimum atomic E-state index is 0.353. The van der Waals surface area contributed by atoms with Crippen molar-refractivity contribution in [2.75, 3.05) is 33.3 Å². The first-order valence-corrected chi connectivity index (χ1v) is 7.79. The van der Waals surface area contributed by atoms with Crippen LogP contribution >= 0.6 is 0 Å². The van der Waals surface area contributed by atoms with Gasteiger partial charge in [-0.05, 0) is 57.5 Å². The number of hydrogen-bond donors (Lipinski definition) is 2. The van der Waals surface area contributed by atoms with Gasteiger partial charge in [0.1, 0.15) is 0 Å². The molecule has 1 saturated heterocycles. The van der Waals surface area contributed by atoms with Gasteiger partial charge in [0.25, 0.3) is 0 Å². The number of rotatable bonds is 7. The van der Waals surface area contributed by atoms with E-state index in [4.69, 9.17) is 5.11 Å². The lowest BCUT2D eigenvalue weighted by Gasteiger charge is -2.36. The van der Waals surface area contributed by atoms with E-state index in [2.05, 4.69) is 17.3 Å². The Balaban J connectivity index is 1.89. The summed E-state index contributed by atoms with van der Waals surface area (Å²) in [6.45, 7) is 4.09. The van der Waals surface area contributed by atoms with Gasteiger partial charge >= 0.3 is 0 Å². The summed E-state index contributed by atoms with van der Waals surface area (Å²) >= 11 is 0. The molecule has 0 aromatic heterocycles. The monoisotopic (exact) mass is 254 g/mol. The largest absolute Gasteiger partial charge is 0.396 e. The molecule has 2 rings (SSSR count). The van der Waals surface area contributed by atoms with Gasteiger partial charge < -0.3 is 10.4 Å². The summed E-state index contributed by atoms with van der Waals surface area (Å²) in [5.74, 6) is 0. The van der Waals surface area contributed by atoms with Crippen LogP contribution in [0.2, 0.25) is 0 Å². The molecule has 1 unspecified atom stereocenters. The topological polar surface area (TPSA) is 35.5 Å². The van der Waals surface area contributed by atoms with Crippen molar-refractivity contribution < 1.29 is 5.11 Å². The molecule has 0 aromatic carbocycles. The molecule has 18 heavy (non-hydrogen) atoms. The molecule has 0 aromatic rings. The second kappa shape index (κ2) is 6.88. The Morgan fingerprint density at radius 2 is 2.06 bits per heavy atom. The van der Waals surface area contributed by atoms with E-state index in [1.807, 2.05) is 0 Å². The quantitative estimate of drug-likeness (QED) is 0.729. The highest BCUT2D eigenvalue weighted by Crippen LogP contribution is 2.40. The normalized spacial score (nSPS) is 28.0. The van der Waals surface area contributed by atoms with E-state index >= 15 is 0 Å². The van der Waals surface area contributed by atoms with Crippen LogP contribution in [0, 0.1) is 5.41 Å². The molecular formula is C15H30N2O. The number of hydrogen-bond acceptors (Lipinski definition) is 3. The predicted octanol–water partition coefficient (Wildman–Crippen LogP) is 2.00. The Labute approximate surface area is 112 Å². The van der Waals surface area contributed by atoms with Crippen molar-refractivity contribution in [3.8, 4) is 0 Å². The van der Waals surface area contributed by atoms with Crippen molar-refractivity contribution in [3.05, 3.63) is 0 Å². The molecule has 106 valence electrons. The Morgan fingerprint density at radius 3 is 2.72 bits per heavy atom. The second-order valence-corrected chi connectivity index (χ2v) is 6.37. The summed E-state index contributed by atoms with van der Waals surface area (Å²) < 4.78 is 0. The molecule has 1 heterocycles. The van der Waals surface area contributed by atoms with Gasteiger partial charge in [0.05, 0.1) is 0 Å². The molecule has 2 fully saturated rings. The van der Waals surface area contributed by atoms with Crippen LogP contribution in [0.5, 0.6) is 0 Å². The minimum absolute atomic E-state index is 0.353. The Hall–Kier alpha value is -0.120. The molecule has 0 spiro atoms. The Kier molecular flexibility index (Phi) is 5.46. The number of aliphatic hydroxyl groups excluding tert-OH is 1. The highest BCUT2D eigenvalue weighted by molar-refractivity contribution is 4.92. The summed E-state index contributed by atoms with van der Waals surface area (Å²) in [7, 11) is 2.09. The first kappa shape index (κ1) is 14.3. The van der Waals surface area contributed by atoms with Crippen molar-refractivity contribution in [1.82, 2.24) is 10.2 Å². The second-order valence-electron chi connectivity index (χ2n) is 6.37. The number of aliphatic hydroxyl groups is 1. The lowest BCUT2D eigenvalue weighted by molar-refractivity contribution is 0.131. The van der Waals surface area contributed by atoms with Crippen LogP contribution in [0.4, 0.5) is 0 Å². The van der Waals surface area contributed by atoms with E-state index in [1.54, 1.807) is 0 Å². The molecule has 3 nitrogen and oxygen atoms in total. The van der Waals surface area contributed by atoms with E-state index in [-0.39, 0.29) is 0 Å². The molecule has 0 bridgehead atoms. The van der Waals surface area contributed by atoms with Crippen LogP contribution < -0.4 is 5.32 Å². The Morgan fingerprint density at radius 1 is 1.28 bits per heavy atom. The molecule has 1 atom stereocenters. The lowest BCUT2D eigenvalue weighted by atomic mass is 9.85. The van der Waals surface area contributed by atoms with E-state index < -0.39 is 0 Å². The fourth-order valence-corrected chi connectivity index (χ4v) is 4.08. The number of nitrogens with one attached hydrogen (secondary N) is 1. The van der Waals surface area contributed by atoms with Crippen molar-refractivity contribution >= 4 is 0 Å². The van der Waals surface area contributed by atoms with Crippen LogP contribution in [-0.2, 0) is 0 Å². The maximum absolute atomic E-state index is 9.00. The van der Waals surface area contributed by atoms with Crippen molar-refractivity contribution in [2.45, 2.75) is 57.4 Å². The van der Waals surface area contributed by atoms with Gasteiger partial charge in [-0.15, -0.1) is 0 Å². The van der Waals surface area contributed by atoms with E-state index in [9.17, 15) is 0 Å². The molecule has 3 heteroatoms. The smallest absolute Gasteiger partial charge is 0.0431 e. The third-order valence-electron chi connectivity index (χ3n) is 4.95. The first-order valence-electron chi connectivity index (χ1n) is 7.79. The summed E-state index contributed by atoms with van der Waals surface area (Å²) in [4.78, 5) is 2.72. The molecule has 1 aliphatic heterocycles. The first-order chi connectivity index (χ1) is 8.79. The molecule has 0 radical (unpaired) electrons. The van der Waals surface area contributed by atoms with Crippen LogP contribution in [0.1, 0.15) is 51.4 Å². The lowest BCUT2D eigenvalue weighted by Crippen LogP contribution is -2.43. The highest BCUT2D eigenvalue weighted by Gasteiger charge is 2.37. The zero-order valence-corrected chi connectivity index (χ0v) is 12.0. The summed E-state index contributed by atoms with van der Waals surface area (Å²) in [5.41, 5.74) is 0.538. The van der Waals surface area contributed by atoms with Gasteiger partial charge in [0, 0.05) is 25.7 Å². The predicted molar refractivity (Wildman–Crippen MR) is 75.7 cm³/mol. The summed E-state index contributed by atoms with van der Waals surface area (Å²) in [5, 5.41) is 12.4. The third-order valence-corrected chi connectivity index (χ3v) is 4.95. The maximum atomic E-state index is 9.00. The van der Waals surface area contributed by atoms with Crippen LogP contribution in [0.3, 0.4) is 0 Å². The van der Waals surface area contributed by atoms with E-state index in [0.29, 0.717) is 12.0 Å².